The Morgan fingerprint density at radius 1 is 1.26 bits per heavy atom. The van der Waals surface area contributed by atoms with Crippen LogP contribution in [0.4, 0.5) is 10.5 Å². The molecule has 0 saturated carbocycles. The first-order chi connectivity index (χ1) is 11.2. The molecule has 1 aromatic rings. The number of para-hydroxylation sites is 1. The molecule has 0 aromatic heterocycles. The number of halogens is 1. The summed E-state index contributed by atoms with van der Waals surface area (Å²) in [4.78, 5) is 14.5. The molecule has 3 rings (SSSR count). The molecule has 0 aliphatic carbocycles. The molecule has 23 heavy (non-hydrogen) atoms. The Kier molecular flexibility index (Phi) is 5.75. The van der Waals surface area contributed by atoms with Crippen molar-refractivity contribution >= 4 is 23.3 Å². The molecule has 2 N–H and O–H groups in total. The fourth-order valence-electron chi connectivity index (χ4n) is 3.30. The number of likely N-dealkylation sites (tertiary alicyclic amines) is 1. The van der Waals surface area contributed by atoms with Gasteiger partial charge in [0.15, 0.2) is 0 Å². The second-order valence-corrected chi connectivity index (χ2v) is 6.72. The van der Waals surface area contributed by atoms with Crippen molar-refractivity contribution in [3.63, 3.8) is 0 Å². The minimum Gasteiger partial charge on any atom is -0.380 e. The van der Waals surface area contributed by atoms with Gasteiger partial charge in [-0.1, -0.05) is 23.7 Å². The summed E-state index contributed by atoms with van der Waals surface area (Å²) in [5.74, 6) is 0.547. The SMILES string of the molecule is O=C(NCC1CCN(C2CCOC2)CC1)Nc1ccccc1Cl. The summed E-state index contributed by atoms with van der Waals surface area (Å²) in [5, 5.41) is 6.31. The Bertz CT molecular complexity index is 526. The van der Waals surface area contributed by atoms with Crippen LogP contribution in [0.25, 0.3) is 0 Å². The quantitative estimate of drug-likeness (QED) is 0.888. The molecule has 1 unspecified atom stereocenters. The molecule has 2 saturated heterocycles. The fraction of sp³-hybridized carbons (Fsp3) is 0.588. The van der Waals surface area contributed by atoms with E-state index in [1.54, 1.807) is 12.1 Å². The lowest BCUT2D eigenvalue weighted by atomic mass is 9.95. The first-order valence-electron chi connectivity index (χ1n) is 8.33. The number of nitrogens with zero attached hydrogens (tertiary/aromatic N) is 1. The number of carbonyl (C=O) groups is 1. The zero-order chi connectivity index (χ0) is 16.1. The molecule has 0 spiro atoms. The molecule has 2 heterocycles. The molecule has 126 valence electrons. The summed E-state index contributed by atoms with van der Waals surface area (Å²) < 4.78 is 5.46. The first kappa shape index (κ1) is 16.6. The van der Waals surface area contributed by atoms with Crippen molar-refractivity contribution in [1.29, 1.82) is 0 Å². The van der Waals surface area contributed by atoms with E-state index in [9.17, 15) is 4.79 Å². The Labute approximate surface area is 142 Å². The van der Waals surface area contributed by atoms with E-state index in [4.69, 9.17) is 16.3 Å². The second kappa shape index (κ2) is 7.99. The fourth-order valence-corrected chi connectivity index (χ4v) is 3.48. The molecule has 0 radical (unpaired) electrons. The standard InChI is InChI=1S/C17H24ClN3O2/c18-15-3-1-2-4-16(15)20-17(22)19-11-13-5-8-21(9-6-13)14-7-10-23-12-14/h1-4,13-14H,5-12H2,(H2,19,20,22). The van der Waals surface area contributed by atoms with E-state index in [0.29, 0.717) is 29.2 Å². The molecular formula is C17H24ClN3O2. The Hall–Kier alpha value is -1.30. The summed E-state index contributed by atoms with van der Waals surface area (Å²) in [5.41, 5.74) is 0.641. The van der Waals surface area contributed by atoms with Crippen molar-refractivity contribution in [1.82, 2.24) is 10.2 Å². The van der Waals surface area contributed by atoms with Crippen molar-refractivity contribution in [3.05, 3.63) is 29.3 Å². The molecule has 2 aliphatic rings. The number of carbonyl (C=O) groups excluding carboxylic acids is 1. The zero-order valence-electron chi connectivity index (χ0n) is 13.3. The van der Waals surface area contributed by atoms with Crippen LogP contribution < -0.4 is 10.6 Å². The highest BCUT2D eigenvalue weighted by atomic mass is 35.5. The van der Waals surface area contributed by atoms with Crippen LogP contribution in [-0.2, 0) is 4.74 Å². The van der Waals surface area contributed by atoms with Gasteiger partial charge in [0, 0.05) is 19.2 Å². The van der Waals surface area contributed by atoms with Crippen LogP contribution >= 0.6 is 11.6 Å². The molecule has 0 bridgehead atoms. The van der Waals surface area contributed by atoms with Gasteiger partial charge >= 0.3 is 6.03 Å². The number of ether oxygens (including phenoxy) is 1. The lowest BCUT2D eigenvalue weighted by Crippen LogP contribution is -2.44. The highest BCUT2D eigenvalue weighted by Gasteiger charge is 2.27. The van der Waals surface area contributed by atoms with Crippen molar-refractivity contribution in [2.45, 2.75) is 25.3 Å². The molecule has 2 amide bonds. The average molecular weight is 338 g/mol. The van der Waals surface area contributed by atoms with Gasteiger partial charge in [0.05, 0.1) is 17.3 Å². The van der Waals surface area contributed by atoms with E-state index in [1.165, 1.54) is 0 Å². The molecule has 2 fully saturated rings. The molecule has 1 aromatic carbocycles. The maximum Gasteiger partial charge on any atom is 0.319 e. The highest BCUT2D eigenvalue weighted by molar-refractivity contribution is 6.33. The minimum atomic E-state index is -0.190. The summed E-state index contributed by atoms with van der Waals surface area (Å²) in [6.07, 6.45) is 3.41. The van der Waals surface area contributed by atoms with Gasteiger partial charge < -0.3 is 15.4 Å². The molecular weight excluding hydrogens is 314 g/mol. The van der Waals surface area contributed by atoms with Crippen LogP contribution in [0.2, 0.25) is 5.02 Å². The molecule has 5 nitrogen and oxygen atoms in total. The summed E-state index contributed by atoms with van der Waals surface area (Å²) in [7, 11) is 0. The van der Waals surface area contributed by atoms with Crippen molar-refractivity contribution < 1.29 is 9.53 Å². The van der Waals surface area contributed by atoms with E-state index < -0.39 is 0 Å². The van der Waals surface area contributed by atoms with E-state index in [0.717, 1.165) is 45.6 Å². The smallest absolute Gasteiger partial charge is 0.319 e. The van der Waals surface area contributed by atoms with Crippen molar-refractivity contribution in [2.24, 2.45) is 5.92 Å². The van der Waals surface area contributed by atoms with E-state index in [2.05, 4.69) is 15.5 Å². The minimum absolute atomic E-state index is 0.190. The Balaban J connectivity index is 1.38. The average Bonchev–Trinajstić information content (AvgIpc) is 3.10. The van der Waals surface area contributed by atoms with Crippen LogP contribution in [0.15, 0.2) is 24.3 Å². The van der Waals surface area contributed by atoms with Crippen LogP contribution in [0.1, 0.15) is 19.3 Å². The summed E-state index contributed by atoms with van der Waals surface area (Å²) in [6.45, 7) is 4.70. The Morgan fingerprint density at radius 3 is 2.74 bits per heavy atom. The summed E-state index contributed by atoms with van der Waals surface area (Å²) >= 11 is 6.04. The molecule has 2 aliphatic heterocycles. The highest BCUT2D eigenvalue weighted by Crippen LogP contribution is 2.22. The first-order valence-corrected chi connectivity index (χ1v) is 8.71. The van der Waals surface area contributed by atoms with Gasteiger partial charge in [0.2, 0.25) is 0 Å². The summed E-state index contributed by atoms with van der Waals surface area (Å²) in [6, 6.07) is 7.67. The predicted octanol–water partition coefficient (Wildman–Crippen LogP) is 2.96. The van der Waals surface area contributed by atoms with Gasteiger partial charge in [-0.2, -0.15) is 0 Å². The third-order valence-corrected chi connectivity index (χ3v) is 5.07. The third-order valence-electron chi connectivity index (χ3n) is 4.74. The van der Waals surface area contributed by atoms with E-state index >= 15 is 0 Å². The van der Waals surface area contributed by atoms with Crippen molar-refractivity contribution in [3.8, 4) is 0 Å². The lowest BCUT2D eigenvalue weighted by molar-refractivity contribution is 0.110. The number of benzene rings is 1. The lowest BCUT2D eigenvalue weighted by Gasteiger charge is -2.35. The van der Waals surface area contributed by atoms with Crippen LogP contribution in [0.3, 0.4) is 0 Å². The number of anilines is 1. The largest absolute Gasteiger partial charge is 0.380 e. The molecule has 6 heteroatoms. The number of urea groups is 1. The number of hydrogen-bond acceptors (Lipinski definition) is 3. The third kappa shape index (κ3) is 4.59. The number of amides is 2. The molecule has 1 atom stereocenters. The van der Waals surface area contributed by atoms with E-state index in [1.807, 2.05) is 12.1 Å². The predicted molar refractivity (Wildman–Crippen MR) is 92.0 cm³/mol. The van der Waals surface area contributed by atoms with Crippen molar-refractivity contribution in [2.75, 3.05) is 38.2 Å². The normalized spacial score (nSPS) is 22.9. The van der Waals surface area contributed by atoms with Gasteiger partial charge in [0.25, 0.3) is 0 Å². The van der Waals surface area contributed by atoms with Gasteiger partial charge in [-0.25, -0.2) is 4.79 Å². The van der Waals surface area contributed by atoms with Gasteiger partial charge in [0.1, 0.15) is 0 Å². The monoisotopic (exact) mass is 337 g/mol. The maximum absolute atomic E-state index is 12.0. The van der Waals surface area contributed by atoms with Gasteiger partial charge in [-0.15, -0.1) is 0 Å². The van der Waals surface area contributed by atoms with Crippen LogP contribution in [0, 0.1) is 5.92 Å². The van der Waals surface area contributed by atoms with Gasteiger partial charge in [-0.05, 0) is 50.4 Å². The zero-order valence-corrected chi connectivity index (χ0v) is 14.0. The number of piperidine rings is 1. The maximum atomic E-state index is 12.0. The van der Waals surface area contributed by atoms with E-state index in [-0.39, 0.29) is 6.03 Å². The second-order valence-electron chi connectivity index (χ2n) is 6.31. The number of hydrogen-bond donors (Lipinski definition) is 2. The topological polar surface area (TPSA) is 53.6 Å². The Morgan fingerprint density at radius 2 is 2.04 bits per heavy atom. The van der Waals surface area contributed by atoms with Crippen LogP contribution in [-0.4, -0.2) is 49.8 Å². The number of nitrogens with one attached hydrogen (secondary N) is 2. The van der Waals surface area contributed by atoms with Crippen LogP contribution in [0.5, 0.6) is 0 Å². The van der Waals surface area contributed by atoms with Gasteiger partial charge in [-0.3, -0.25) is 4.90 Å². The number of rotatable bonds is 4.